The number of aliphatic hydroxyl groups is 1. The van der Waals surface area contributed by atoms with Crippen molar-refractivity contribution >= 4 is 9.84 Å². The topological polar surface area (TPSA) is 54.4 Å². The predicted molar refractivity (Wildman–Crippen MR) is 76.7 cm³/mol. The summed E-state index contributed by atoms with van der Waals surface area (Å²) in [5, 5.41) is 9.95. The van der Waals surface area contributed by atoms with E-state index < -0.39 is 27.0 Å². The molecule has 5 heteroatoms. The summed E-state index contributed by atoms with van der Waals surface area (Å²) in [5.41, 5.74) is 1.07. The molecule has 1 aromatic carbocycles. The fourth-order valence-electron chi connectivity index (χ4n) is 2.98. The van der Waals surface area contributed by atoms with Crippen LogP contribution in [0, 0.1) is 18.7 Å². The van der Waals surface area contributed by atoms with Crippen molar-refractivity contribution in [2.45, 2.75) is 44.0 Å². The SMILES string of the molecule is Cc1ccc(C(O)C2CCCC(S(C)(=O)=O)C2)c(F)c1. The van der Waals surface area contributed by atoms with Gasteiger partial charge in [0.1, 0.15) is 15.7 Å². The van der Waals surface area contributed by atoms with Gasteiger partial charge in [0.25, 0.3) is 0 Å². The van der Waals surface area contributed by atoms with Crippen molar-refractivity contribution in [2.75, 3.05) is 6.26 Å². The van der Waals surface area contributed by atoms with E-state index >= 15 is 0 Å². The van der Waals surface area contributed by atoms with E-state index in [4.69, 9.17) is 0 Å². The zero-order chi connectivity index (χ0) is 14.9. The molecule has 20 heavy (non-hydrogen) atoms. The number of hydrogen-bond acceptors (Lipinski definition) is 3. The first-order chi connectivity index (χ1) is 9.29. The maximum absolute atomic E-state index is 13.9. The van der Waals surface area contributed by atoms with Gasteiger partial charge >= 0.3 is 0 Å². The Morgan fingerprint density at radius 2 is 2.05 bits per heavy atom. The van der Waals surface area contributed by atoms with E-state index in [0.29, 0.717) is 12.8 Å². The Hall–Kier alpha value is -0.940. The highest BCUT2D eigenvalue weighted by Gasteiger charge is 2.33. The lowest BCUT2D eigenvalue weighted by Gasteiger charge is -2.31. The summed E-state index contributed by atoms with van der Waals surface area (Å²) in [6, 6.07) is 4.76. The van der Waals surface area contributed by atoms with E-state index in [1.807, 2.05) is 0 Å². The van der Waals surface area contributed by atoms with Crippen molar-refractivity contribution in [1.82, 2.24) is 0 Å². The molecule has 1 aromatic rings. The molecule has 1 N–H and O–H groups in total. The summed E-state index contributed by atoms with van der Waals surface area (Å²) >= 11 is 0. The van der Waals surface area contributed by atoms with Gasteiger partial charge in [0.2, 0.25) is 0 Å². The lowest BCUT2D eigenvalue weighted by Crippen LogP contribution is -2.30. The maximum atomic E-state index is 13.9. The smallest absolute Gasteiger partial charge is 0.150 e. The number of sulfone groups is 1. The van der Waals surface area contributed by atoms with Crippen molar-refractivity contribution in [3.63, 3.8) is 0 Å². The van der Waals surface area contributed by atoms with Gasteiger partial charge in [0.15, 0.2) is 0 Å². The number of hydrogen-bond donors (Lipinski definition) is 1. The molecule has 0 amide bonds. The van der Waals surface area contributed by atoms with E-state index in [1.165, 1.54) is 12.3 Å². The summed E-state index contributed by atoms with van der Waals surface area (Å²) in [5.74, 6) is -0.611. The van der Waals surface area contributed by atoms with Gasteiger partial charge in [-0.1, -0.05) is 18.6 Å². The van der Waals surface area contributed by atoms with Gasteiger partial charge in [-0.2, -0.15) is 0 Å². The van der Waals surface area contributed by atoms with Gasteiger partial charge in [0.05, 0.1) is 11.4 Å². The average Bonchev–Trinajstić information content (AvgIpc) is 2.37. The molecular weight excluding hydrogens is 279 g/mol. The molecule has 3 unspecified atom stereocenters. The van der Waals surface area contributed by atoms with Gasteiger partial charge in [-0.3, -0.25) is 0 Å². The average molecular weight is 300 g/mol. The van der Waals surface area contributed by atoms with E-state index in [-0.39, 0.29) is 11.5 Å². The maximum Gasteiger partial charge on any atom is 0.150 e. The van der Waals surface area contributed by atoms with Crippen molar-refractivity contribution in [3.05, 3.63) is 35.1 Å². The molecule has 1 aliphatic carbocycles. The molecule has 1 aliphatic rings. The number of benzene rings is 1. The lowest BCUT2D eigenvalue weighted by molar-refractivity contribution is 0.0825. The highest BCUT2D eigenvalue weighted by atomic mass is 32.2. The van der Waals surface area contributed by atoms with Crippen LogP contribution >= 0.6 is 0 Å². The van der Waals surface area contributed by atoms with Crippen LogP contribution in [0.4, 0.5) is 4.39 Å². The second kappa shape index (κ2) is 5.82. The first-order valence-corrected chi connectivity index (χ1v) is 8.87. The Kier molecular flexibility index (Phi) is 4.49. The molecule has 112 valence electrons. The van der Waals surface area contributed by atoms with Gasteiger partial charge in [-0.05, 0) is 43.7 Å². The monoisotopic (exact) mass is 300 g/mol. The molecule has 0 radical (unpaired) electrons. The third kappa shape index (κ3) is 3.38. The van der Waals surface area contributed by atoms with Crippen LogP contribution in [0.3, 0.4) is 0 Å². The summed E-state index contributed by atoms with van der Waals surface area (Å²) in [7, 11) is -3.10. The van der Waals surface area contributed by atoms with Crippen LogP contribution in [-0.2, 0) is 9.84 Å². The van der Waals surface area contributed by atoms with Gasteiger partial charge < -0.3 is 5.11 Å². The molecule has 1 saturated carbocycles. The van der Waals surface area contributed by atoms with Crippen LogP contribution in [0.2, 0.25) is 0 Å². The van der Waals surface area contributed by atoms with Crippen LogP contribution in [0.1, 0.15) is 42.9 Å². The Bertz CT molecular complexity index is 583. The quantitative estimate of drug-likeness (QED) is 0.934. The normalized spacial score (nSPS) is 25.4. The number of aliphatic hydroxyl groups excluding tert-OH is 1. The van der Waals surface area contributed by atoms with Crippen LogP contribution < -0.4 is 0 Å². The molecule has 0 saturated heterocycles. The summed E-state index contributed by atoms with van der Waals surface area (Å²) in [6.07, 6.45) is 2.85. The molecule has 3 nitrogen and oxygen atoms in total. The van der Waals surface area contributed by atoms with Crippen molar-refractivity contribution in [3.8, 4) is 0 Å². The zero-order valence-electron chi connectivity index (χ0n) is 11.8. The molecule has 0 bridgehead atoms. The molecule has 3 atom stereocenters. The van der Waals surface area contributed by atoms with Gasteiger partial charge in [0, 0.05) is 11.8 Å². The largest absolute Gasteiger partial charge is 0.388 e. The Morgan fingerprint density at radius 3 is 2.65 bits per heavy atom. The Morgan fingerprint density at radius 1 is 1.35 bits per heavy atom. The standard InChI is InChI=1S/C15H21FO3S/c1-10-6-7-13(14(16)8-10)15(17)11-4-3-5-12(9-11)20(2,18)19/h6-8,11-12,15,17H,3-5,9H2,1-2H3. The van der Waals surface area contributed by atoms with Crippen LogP contribution in [0.25, 0.3) is 0 Å². The summed E-state index contributed by atoms with van der Waals surface area (Å²) in [6.45, 7) is 1.79. The Labute approximate surface area is 119 Å². The molecule has 0 aliphatic heterocycles. The minimum absolute atomic E-state index is 0.194. The highest BCUT2D eigenvalue weighted by Crippen LogP contribution is 2.37. The molecule has 0 spiro atoms. The fraction of sp³-hybridized carbons (Fsp3) is 0.600. The zero-order valence-corrected chi connectivity index (χ0v) is 12.7. The Balaban J connectivity index is 2.18. The minimum atomic E-state index is -3.10. The third-order valence-corrected chi connectivity index (χ3v) is 5.83. The number of aryl methyl sites for hydroxylation is 1. The van der Waals surface area contributed by atoms with E-state index in [9.17, 15) is 17.9 Å². The molecule has 1 fully saturated rings. The van der Waals surface area contributed by atoms with E-state index in [0.717, 1.165) is 18.4 Å². The van der Waals surface area contributed by atoms with Crippen LogP contribution in [0.15, 0.2) is 18.2 Å². The number of halogens is 1. The summed E-state index contributed by atoms with van der Waals surface area (Å²) in [4.78, 5) is 0. The molecule has 0 heterocycles. The van der Waals surface area contributed by atoms with E-state index in [2.05, 4.69) is 0 Å². The van der Waals surface area contributed by atoms with Crippen LogP contribution in [-0.4, -0.2) is 25.0 Å². The first-order valence-electron chi connectivity index (χ1n) is 6.92. The summed E-state index contributed by atoms with van der Waals surface area (Å²) < 4.78 is 37.2. The highest BCUT2D eigenvalue weighted by molar-refractivity contribution is 7.91. The second-order valence-corrected chi connectivity index (χ2v) is 8.17. The van der Waals surface area contributed by atoms with Gasteiger partial charge in [-0.25, -0.2) is 12.8 Å². The molecule has 2 rings (SSSR count). The van der Waals surface area contributed by atoms with Crippen molar-refractivity contribution < 1.29 is 17.9 Å². The van der Waals surface area contributed by atoms with Crippen LogP contribution in [0.5, 0.6) is 0 Å². The van der Waals surface area contributed by atoms with Gasteiger partial charge in [-0.15, -0.1) is 0 Å². The predicted octanol–water partition coefficient (Wildman–Crippen LogP) is 2.77. The molecular formula is C15H21FO3S. The lowest BCUT2D eigenvalue weighted by atomic mass is 9.82. The second-order valence-electron chi connectivity index (χ2n) is 5.85. The van der Waals surface area contributed by atoms with E-state index in [1.54, 1.807) is 19.1 Å². The first kappa shape index (κ1) is 15.4. The third-order valence-electron chi connectivity index (χ3n) is 4.19. The van der Waals surface area contributed by atoms with Crippen molar-refractivity contribution in [1.29, 1.82) is 0 Å². The minimum Gasteiger partial charge on any atom is -0.388 e. The molecule has 0 aromatic heterocycles. The number of rotatable bonds is 3. The van der Waals surface area contributed by atoms with Crippen molar-refractivity contribution in [2.24, 2.45) is 5.92 Å². The fourth-order valence-corrected chi connectivity index (χ4v) is 4.17.